The van der Waals surface area contributed by atoms with E-state index in [-0.39, 0.29) is 11.6 Å². The second-order valence-electron chi connectivity index (χ2n) is 5.38. The molecule has 1 aromatic carbocycles. The molecule has 0 amide bonds. The normalized spacial score (nSPS) is 13.7. The molecule has 0 bridgehead atoms. The number of nitrogens with one attached hydrogen (secondary N) is 1. The van der Waals surface area contributed by atoms with Crippen molar-refractivity contribution >= 4 is 11.4 Å². The molecule has 0 saturated heterocycles. The zero-order valence-corrected chi connectivity index (χ0v) is 13.1. The largest absolute Gasteiger partial charge is 0.493 e. The molecule has 1 atom stereocenters. The Morgan fingerprint density at radius 3 is 2.24 bits per heavy atom. The molecule has 1 unspecified atom stereocenters. The van der Waals surface area contributed by atoms with Crippen LogP contribution in [-0.4, -0.2) is 31.2 Å². The van der Waals surface area contributed by atoms with Crippen molar-refractivity contribution in [3.05, 3.63) is 22.2 Å². The Labute approximate surface area is 124 Å². The van der Waals surface area contributed by atoms with Gasteiger partial charge in [-0.05, 0) is 12.8 Å². The molecule has 21 heavy (non-hydrogen) atoms. The Balaban J connectivity index is 3.36. The minimum atomic E-state index is -0.468. The van der Waals surface area contributed by atoms with Crippen molar-refractivity contribution < 1.29 is 14.4 Å². The number of benzene rings is 1. The Hall–Kier alpha value is -2.02. The van der Waals surface area contributed by atoms with Crippen molar-refractivity contribution in [2.24, 2.45) is 11.7 Å². The SMILES string of the molecule is COc1cc(NC(C)(CN)C(C)C)c([N+](=O)[O-])cc1OC. The van der Waals surface area contributed by atoms with Crippen molar-refractivity contribution in [1.29, 1.82) is 0 Å². The van der Waals surface area contributed by atoms with E-state index in [1.54, 1.807) is 6.07 Å². The molecule has 1 rings (SSSR count). The third-order valence-electron chi connectivity index (χ3n) is 3.82. The molecule has 0 spiro atoms. The maximum atomic E-state index is 11.3. The Morgan fingerprint density at radius 2 is 1.86 bits per heavy atom. The number of rotatable bonds is 7. The summed E-state index contributed by atoms with van der Waals surface area (Å²) in [5.74, 6) is 0.928. The molecule has 0 aromatic heterocycles. The van der Waals surface area contributed by atoms with Crippen molar-refractivity contribution in [1.82, 2.24) is 0 Å². The number of hydrogen-bond donors (Lipinski definition) is 2. The van der Waals surface area contributed by atoms with E-state index in [0.29, 0.717) is 23.7 Å². The Morgan fingerprint density at radius 1 is 1.33 bits per heavy atom. The minimum absolute atomic E-state index is 0.0759. The molecule has 0 radical (unpaired) electrons. The molecule has 0 aliphatic carbocycles. The molecule has 1 aromatic rings. The fraction of sp³-hybridized carbons (Fsp3) is 0.571. The van der Waals surface area contributed by atoms with Crippen LogP contribution in [0.15, 0.2) is 12.1 Å². The molecule has 0 heterocycles. The van der Waals surface area contributed by atoms with Crippen LogP contribution in [0.1, 0.15) is 20.8 Å². The van der Waals surface area contributed by atoms with Gasteiger partial charge < -0.3 is 20.5 Å². The predicted molar refractivity (Wildman–Crippen MR) is 82.1 cm³/mol. The van der Waals surface area contributed by atoms with Crippen LogP contribution < -0.4 is 20.5 Å². The van der Waals surface area contributed by atoms with Crippen LogP contribution in [0.5, 0.6) is 11.5 Å². The summed E-state index contributed by atoms with van der Waals surface area (Å²) in [4.78, 5) is 10.8. The monoisotopic (exact) mass is 297 g/mol. The Bertz CT molecular complexity index is 519. The standard InChI is InChI=1S/C14H23N3O4/c1-9(2)14(3,8-15)16-10-6-12(20-4)13(21-5)7-11(10)17(18)19/h6-7,9,16H,8,15H2,1-5H3. The average molecular weight is 297 g/mol. The molecule has 0 aliphatic rings. The van der Waals surface area contributed by atoms with Crippen molar-refractivity contribution in [2.75, 3.05) is 26.1 Å². The van der Waals surface area contributed by atoms with Crippen LogP contribution in [0.2, 0.25) is 0 Å². The van der Waals surface area contributed by atoms with Crippen LogP contribution in [0.4, 0.5) is 11.4 Å². The number of ether oxygens (including phenoxy) is 2. The van der Waals surface area contributed by atoms with Crippen molar-refractivity contribution in [3.63, 3.8) is 0 Å². The molecule has 0 fully saturated rings. The summed E-state index contributed by atoms with van der Waals surface area (Å²) in [6, 6.07) is 2.91. The van der Waals surface area contributed by atoms with E-state index in [1.165, 1.54) is 20.3 Å². The lowest BCUT2D eigenvalue weighted by atomic mass is 9.88. The first kappa shape index (κ1) is 17.0. The summed E-state index contributed by atoms with van der Waals surface area (Å²) in [6.07, 6.45) is 0. The van der Waals surface area contributed by atoms with E-state index in [9.17, 15) is 10.1 Å². The summed E-state index contributed by atoms with van der Waals surface area (Å²) in [5, 5.41) is 14.4. The Kier molecular flexibility index (Phi) is 5.37. The van der Waals surface area contributed by atoms with Gasteiger partial charge >= 0.3 is 0 Å². The molecule has 0 aliphatic heterocycles. The summed E-state index contributed by atoms with van der Waals surface area (Å²) >= 11 is 0. The number of anilines is 1. The minimum Gasteiger partial charge on any atom is -0.493 e. The van der Waals surface area contributed by atoms with E-state index in [2.05, 4.69) is 5.32 Å². The molecule has 7 nitrogen and oxygen atoms in total. The van der Waals surface area contributed by atoms with Crippen molar-refractivity contribution in [2.45, 2.75) is 26.3 Å². The quantitative estimate of drug-likeness (QED) is 0.592. The highest BCUT2D eigenvalue weighted by molar-refractivity contribution is 5.69. The van der Waals surface area contributed by atoms with Gasteiger partial charge in [-0.1, -0.05) is 13.8 Å². The number of nitro benzene ring substituents is 1. The van der Waals surface area contributed by atoms with Gasteiger partial charge in [0.2, 0.25) is 0 Å². The number of nitro groups is 1. The van der Waals surface area contributed by atoms with Gasteiger partial charge in [0.25, 0.3) is 5.69 Å². The van der Waals surface area contributed by atoms with Gasteiger partial charge in [-0.2, -0.15) is 0 Å². The van der Waals surface area contributed by atoms with Gasteiger partial charge in [-0.25, -0.2) is 0 Å². The van der Waals surface area contributed by atoms with E-state index in [0.717, 1.165) is 0 Å². The first-order valence-electron chi connectivity index (χ1n) is 6.67. The highest BCUT2D eigenvalue weighted by Gasteiger charge is 2.30. The highest BCUT2D eigenvalue weighted by Crippen LogP contribution is 2.39. The first-order chi connectivity index (χ1) is 9.78. The average Bonchev–Trinajstić information content (AvgIpc) is 2.45. The van der Waals surface area contributed by atoms with E-state index in [4.69, 9.17) is 15.2 Å². The lowest BCUT2D eigenvalue weighted by Gasteiger charge is -2.34. The van der Waals surface area contributed by atoms with Gasteiger partial charge in [0.15, 0.2) is 11.5 Å². The van der Waals surface area contributed by atoms with Crippen LogP contribution in [0.25, 0.3) is 0 Å². The maximum Gasteiger partial charge on any atom is 0.296 e. The van der Waals surface area contributed by atoms with Crippen LogP contribution in [0, 0.1) is 16.0 Å². The first-order valence-corrected chi connectivity index (χ1v) is 6.67. The van der Waals surface area contributed by atoms with E-state index >= 15 is 0 Å². The second kappa shape index (κ2) is 6.62. The zero-order chi connectivity index (χ0) is 16.2. The fourth-order valence-electron chi connectivity index (χ4n) is 1.86. The molecule has 0 saturated carbocycles. The topological polar surface area (TPSA) is 99.7 Å². The zero-order valence-electron chi connectivity index (χ0n) is 13.1. The number of nitrogens with zero attached hydrogens (tertiary/aromatic N) is 1. The van der Waals surface area contributed by atoms with Gasteiger partial charge in [0.05, 0.1) is 25.2 Å². The smallest absolute Gasteiger partial charge is 0.296 e. The number of hydrogen-bond acceptors (Lipinski definition) is 6. The van der Waals surface area contributed by atoms with Crippen molar-refractivity contribution in [3.8, 4) is 11.5 Å². The predicted octanol–water partition coefficient (Wildman–Crippen LogP) is 2.40. The lowest BCUT2D eigenvalue weighted by molar-refractivity contribution is -0.384. The molecule has 3 N–H and O–H groups in total. The molecular weight excluding hydrogens is 274 g/mol. The molecule has 118 valence electrons. The summed E-state index contributed by atoms with van der Waals surface area (Å²) < 4.78 is 10.3. The number of nitrogens with two attached hydrogens (primary N) is 1. The van der Waals surface area contributed by atoms with Gasteiger partial charge in [0, 0.05) is 18.2 Å². The number of methoxy groups -OCH3 is 2. The van der Waals surface area contributed by atoms with Crippen LogP contribution >= 0.6 is 0 Å². The molecule has 7 heteroatoms. The summed E-state index contributed by atoms with van der Waals surface area (Å²) in [5.41, 5.74) is 5.64. The fourth-order valence-corrected chi connectivity index (χ4v) is 1.86. The van der Waals surface area contributed by atoms with Gasteiger partial charge in [-0.15, -0.1) is 0 Å². The van der Waals surface area contributed by atoms with E-state index in [1.807, 2.05) is 20.8 Å². The van der Waals surface area contributed by atoms with Gasteiger partial charge in [-0.3, -0.25) is 10.1 Å². The van der Waals surface area contributed by atoms with Crippen LogP contribution in [-0.2, 0) is 0 Å². The third-order valence-corrected chi connectivity index (χ3v) is 3.82. The second-order valence-corrected chi connectivity index (χ2v) is 5.38. The summed E-state index contributed by atoms with van der Waals surface area (Å²) in [7, 11) is 2.92. The lowest BCUT2D eigenvalue weighted by Crippen LogP contribution is -2.47. The molecular formula is C14H23N3O4. The summed E-state index contributed by atoms with van der Waals surface area (Å²) in [6.45, 7) is 6.28. The highest BCUT2D eigenvalue weighted by atomic mass is 16.6. The van der Waals surface area contributed by atoms with Crippen LogP contribution in [0.3, 0.4) is 0 Å². The maximum absolute atomic E-state index is 11.3. The third kappa shape index (κ3) is 3.55. The van der Waals surface area contributed by atoms with E-state index < -0.39 is 10.5 Å². The van der Waals surface area contributed by atoms with Gasteiger partial charge in [0.1, 0.15) is 5.69 Å².